The van der Waals surface area contributed by atoms with E-state index in [1.807, 2.05) is 12.1 Å². The Morgan fingerprint density at radius 1 is 1.34 bits per heavy atom. The molecular formula is C21H25F3N6O2. The van der Waals surface area contributed by atoms with E-state index in [1.54, 1.807) is 17.3 Å². The van der Waals surface area contributed by atoms with Crippen molar-refractivity contribution in [2.45, 2.75) is 25.3 Å². The molecule has 1 saturated heterocycles. The van der Waals surface area contributed by atoms with Crippen LogP contribution in [0.15, 0.2) is 61.7 Å². The second-order valence-corrected chi connectivity index (χ2v) is 6.75. The molecule has 1 atom stereocenters. The van der Waals surface area contributed by atoms with Gasteiger partial charge in [0.1, 0.15) is 0 Å². The van der Waals surface area contributed by atoms with Crippen LogP contribution in [0, 0.1) is 0 Å². The second kappa shape index (κ2) is 11.8. The van der Waals surface area contributed by atoms with Gasteiger partial charge in [0.15, 0.2) is 0 Å². The SMILES string of the molecule is C=CC(=O)N1CCC(OCc2ccc(C(F)(F)F)cn2)C1.NN/C=C(\N)c1cccnc1. The number of pyridine rings is 2. The molecule has 0 radical (unpaired) electrons. The summed E-state index contributed by atoms with van der Waals surface area (Å²) in [5.74, 6) is 4.90. The van der Waals surface area contributed by atoms with Crippen LogP contribution in [-0.4, -0.2) is 40.0 Å². The molecule has 172 valence electrons. The third-order valence-corrected chi connectivity index (χ3v) is 4.48. The maximum atomic E-state index is 12.4. The zero-order valence-corrected chi connectivity index (χ0v) is 17.3. The topological polar surface area (TPSA) is 119 Å². The number of rotatable bonds is 6. The van der Waals surface area contributed by atoms with Crippen molar-refractivity contribution in [2.75, 3.05) is 13.1 Å². The van der Waals surface area contributed by atoms with Crippen molar-refractivity contribution in [3.05, 3.63) is 78.5 Å². The van der Waals surface area contributed by atoms with Gasteiger partial charge < -0.3 is 20.8 Å². The summed E-state index contributed by atoms with van der Waals surface area (Å²) in [4.78, 5) is 20.7. The van der Waals surface area contributed by atoms with Crippen LogP contribution < -0.4 is 17.0 Å². The quantitative estimate of drug-likeness (QED) is 0.351. The Kier molecular flexibility index (Phi) is 9.17. The Hall–Kier alpha value is -3.44. The number of ether oxygens (including phenoxy) is 1. The fourth-order valence-corrected chi connectivity index (χ4v) is 2.78. The Bertz CT molecular complexity index is 904. The van der Waals surface area contributed by atoms with Crippen molar-refractivity contribution in [3.8, 4) is 0 Å². The van der Waals surface area contributed by atoms with Crippen molar-refractivity contribution < 1.29 is 22.7 Å². The average Bonchev–Trinajstić information content (AvgIpc) is 3.27. The van der Waals surface area contributed by atoms with Crippen molar-refractivity contribution in [2.24, 2.45) is 11.6 Å². The number of alkyl halides is 3. The lowest BCUT2D eigenvalue weighted by Gasteiger charge is -2.14. The molecule has 2 aromatic heterocycles. The first-order valence-electron chi connectivity index (χ1n) is 9.61. The Balaban J connectivity index is 0.000000278. The Morgan fingerprint density at radius 3 is 2.69 bits per heavy atom. The lowest BCUT2D eigenvalue weighted by Crippen LogP contribution is -2.28. The number of hydrogen-bond acceptors (Lipinski definition) is 7. The third-order valence-electron chi connectivity index (χ3n) is 4.48. The van der Waals surface area contributed by atoms with Gasteiger partial charge in [0.25, 0.3) is 0 Å². The molecule has 32 heavy (non-hydrogen) atoms. The molecule has 1 aliphatic heterocycles. The van der Waals surface area contributed by atoms with Gasteiger partial charge in [-0.1, -0.05) is 6.58 Å². The van der Waals surface area contributed by atoms with Crippen molar-refractivity contribution in [1.29, 1.82) is 0 Å². The molecule has 8 nitrogen and oxygen atoms in total. The minimum atomic E-state index is -4.39. The highest BCUT2D eigenvalue weighted by atomic mass is 19.4. The molecule has 1 unspecified atom stereocenters. The van der Waals surface area contributed by atoms with E-state index in [2.05, 4.69) is 22.0 Å². The summed E-state index contributed by atoms with van der Waals surface area (Å²) in [6.07, 6.45) is 3.09. The van der Waals surface area contributed by atoms with E-state index in [0.29, 0.717) is 30.9 Å². The van der Waals surface area contributed by atoms with Gasteiger partial charge in [-0.2, -0.15) is 13.2 Å². The molecule has 3 rings (SSSR count). The van der Waals surface area contributed by atoms with Crippen molar-refractivity contribution in [1.82, 2.24) is 20.3 Å². The zero-order chi connectivity index (χ0) is 23.6. The van der Waals surface area contributed by atoms with Gasteiger partial charge in [-0.15, -0.1) is 0 Å². The van der Waals surface area contributed by atoms with Crippen LogP contribution in [0.1, 0.15) is 23.2 Å². The molecule has 0 spiro atoms. The Morgan fingerprint density at radius 2 is 2.12 bits per heavy atom. The summed E-state index contributed by atoms with van der Waals surface area (Å²) < 4.78 is 42.7. The number of hydrogen-bond donors (Lipinski definition) is 3. The molecule has 0 saturated carbocycles. The molecule has 3 heterocycles. The van der Waals surface area contributed by atoms with Gasteiger partial charge in [0.2, 0.25) is 5.91 Å². The van der Waals surface area contributed by atoms with E-state index in [-0.39, 0.29) is 18.6 Å². The molecule has 2 aromatic rings. The molecule has 0 bridgehead atoms. The van der Waals surface area contributed by atoms with Crippen LogP contribution in [0.3, 0.4) is 0 Å². The smallest absolute Gasteiger partial charge is 0.397 e. The van der Waals surface area contributed by atoms with Gasteiger partial charge in [-0.3, -0.25) is 20.6 Å². The monoisotopic (exact) mass is 450 g/mol. The average molecular weight is 450 g/mol. The van der Waals surface area contributed by atoms with Gasteiger partial charge in [0.05, 0.1) is 29.7 Å². The predicted octanol–water partition coefficient (Wildman–Crippen LogP) is 2.21. The van der Waals surface area contributed by atoms with E-state index < -0.39 is 11.7 Å². The Labute approximate surface area is 183 Å². The molecule has 11 heteroatoms. The third kappa shape index (κ3) is 7.67. The molecule has 0 aromatic carbocycles. The number of halogens is 3. The van der Waals surface area contributed by atoms with E-state index in [9.17, 15) is 18.0 Å². The summed E-state index contributed by atoms with van der Waals surface area (Å²) in [7, 11) is 0. The number of amides is 1. The number of carbonyl (C=O) groups is 1. The van der Waals surface area contributed by atoms with Crippen molar-refractivity contribution in [3.63, 3.8) is 0 Å². The maximum Gasteiger partial charge on any atom is 0.417 e. The zero-order valence-electron chi connectivity index (χ0n) is 17.3. The summed E-state index contributed by atoms with van der Waals surface area (Å²) >= 11 is 0. The molecule has 0 aliphatic carbocycles. The van der Waals surface area contributed by atoms with Gasteiger partial charge in [-0.25, -0.2) is 0 Å². The number of nitrogens with zero attached hydrogens (tertiary/aromatic N) is 3. The van der Waals surface area contributed by atoms with E-state index in [1.165, 1.54) is 18.3 Å². The fraction of sp³-hybridized carbons (Fsp3) is 0.286. The first kappa shape index (κ1) is 24.8. The normalized spacial score (nSPS) is 16.2. The summed E-state index contributed by atoms with van der Waals surface area (Å²) in [6, 6.07) is 5.95. The van der Waals surface area contributed by atoms with Crippen LogP contribution in [0.4, 0.5) is 13.2 Å². The minimum absolute atomic E-state index is 0.124. The summed E-state index contributed by atoms with van der Waals surface area (Å²) in [5, 5.41) is 0. The first-order chi connectivity index (χ1) is 15.2. The first-order valence-corrected chi connectivity index (χ1v) is 9.61. The maximum absolute atomic E-state index is 12.4. The van der Waals surface area contributed by atoms with Crippen molar-refractivity contribution >= 4 is 11.6 Å². The minimum Gasteiger partial charge on any atom is -0.397 e. The number of carbonyl (C=O) groups excluding carboxylic acids is 1. The van der Waals surface area contributed by atoms with E-state index in [0.717, 1.165) is 17.8 Å². The second-order valence-electron chi connectivity index (χ2n) is 6.75. The molecule has 1 fully saturated rings. The van der Waals surface area contributed by atoms with E-state index >= 15 is 0 Å². The van der Waals surface area contributed by atoms with Crippen LogP contribution >= 0.6 is 0 Å². The molecular weight excluding hydrogens is 425 g/mol. The highest BCUT2D eigenvalue weighted by molar-refractivity contribution is 5.87. The summed E-state index contributed by atoms with van der Waals surface area (Å²) in [5.41, 5.74) is 9.00. The number of aromatic nitrogens is 2. The fourth-order valence-electron chi connectivity index (χ4n) is 2.78. The number of nitrogens with two attached hydrogens (primary N) is 2. The largest absolute Gasteiger partial charge is 0.417 e. The summed E-state index contributed by atoms with van der Waals surface area (Å²) in [6.45, 7) is 4.60. The molecule has 1 amide bonds. The van der Waals surface area contributed by atoms with Gasteiger partial charge in [-0.05, 0) is 36.8 Å². The lowest BCUT2D eigenvalue weighted by molar-refractivity contribution is -0.137. The van der Waals surface area contributed by atoms with Crippen LogP contribution in [0.25, 0.3) is 5.70 Å². The lowest BCUT2D eigenvalue weighted by atomic mass is 10.2. The highest BCUT2D eigenvalue weighted by Crippen LogP contribution is 2.28. The van der Waals surface area contributed by atoms with Crippen LogP contribution in [-0.2, 0) is 22.3 Å². The number of likely N-dealkylation sites (tertiary alicyclic amines) is 1. The predicted molar refractivity (Wildman–Crippen MR) is 113 cm³/mol. The standard InChI is InChI=1S/C14H15F3N2O2.C7H10N4/c1-2-13(20)19-6-5-12(8-19)21-9-11-4-3-10(7-18-11)14(15,16)17;8-7(5-11-9)6-2-1-3-10-4-6/h2-4,7,12H,1,5-6,8-9H2;1-5,11H,8-9H2/b;7-5-. The highest BCUT2D eigenvalue weighted by Gasteiger charge is 2.30. The number of hydrazine groups is 1. The van der Waals surface area contributed by atoms with Crippen LogP contribution in [0.2, 0.25) is 0 Å². The molecule has 5 N–H and O–H groups in total. The van der Waals surface area contributed by atoms with Gasteiger partial charge >= 0.3 is 6.18 Å². The van der Waals surface area contributed by atoms with Gasteiger partial charge in [0, 0.05) is 43.4 Å². The van der Waals surface area contributed by atoms with Crippen LogP contribution in [0.5, 0.6) is 0 Å². The molecule has 1 aliphatic rings. The van der Waals surface area contributed by atoms with E-state index in [4.69, 9.17) is 16.3 Å². The number of nitrogens with one attached hydrogen (secondary N) is 1.